The van der Waals surface area contributed by atoms with Crippen LogP contribution < -0.4 is 10.6 Å². The monoisotopic (exact) mass is 239 g/mol. The first-order valence-corrected chi connectivity index (χ1v) is 5.16. The molecule has 1 atom stereocenters. The zero-order valence-corrected chi connectivity index (χ0v) is 9.10. The van der Waals surface area contributed by atoms with Crippen LogP contribution in [0.15, 0.2) is 0 Å². The molecule has 1 aliphatic rings. The molecule has 0 aromatic rings. The number of hydrogen-bond acceptors (Lipinski definition) is 2. The van der Waals surface area contributed by atoms with Gasteiger partial charge in [0.15, 0.2) is 0 Å². The highest BCUT2D eigenvalue weighted by Crippen LogP contribution is 2.16. The lowest BCUT2D eigenvalue weighted by molar-refractivity contribution is -0.123. The number of rotatable bonds is 3. The quantitative estimate of drug-likeness (QED) is 0.765. The number of nitrogens with one attached hydrogen (secondary N) is 2. The first-order valence-electron chi connectivity index (χ1n) is 5.16. The topological polar surface area (TPSA) is 44.4 Å². The third kappa shape index (κ3) is 4.26. The summed E-state index contributed by atoms with van der Waals surface area (Å²) in [5.41, 5.74) is 0. The summed E-state index contributed by atoms with van der Waals surface area (Å²) in [4.78, 5) is 12.8. The van der Waals surface area contributed by atoms with Crippen molar-refractivity contribution in [2.45, 2.75) is 12.6 Å². The minimum absolute atomic E-state index is 0.335. The Hall–Kier alpha value is -0.980. The van der Waals surface area contributed by atoms with Crippen LogP contribution in [0, 0.1) is 5.92 Å². The van der Waals surface area contributed by atoms with E-state index in [2.05, 4.69) is 5.32 Å². The molecular weight excluding hydrogens is 223 g/mol. The van der Waals surface area contributed by atoms with Crippen molar-refractivity contribution < 1.29 is 18.0 Å². The number of likely N-dealkylation sites (tertiary alicyclic amines) is 1. The molecule has 0 aliphatic carbocycles. The van der Waals surface area contributed by atoms with E-state index in [1.807, 2.05) is 12.4 Å². The number of halogens is 3. The number of amides is 2. The van der Waals surface area contributed by atoms with Crippen LogP contribution in [0.1, 0.15) is 6.42 Å². The molecule has 0 spiro atoms. The average molecular weight is 239 g/mol. The van der Waals surface area contributed by atoms with Gasteiger partial charge >= 0.3 is 12.2 Å². The fourth-order valence-corrected chi connectivity index (χ4v) is 1.76. The fraction of sp³-hybridized carbons (Fsp3) is 0.889. The van der Waals surface area contributed by atoms with Gasteiger partial charge in [0, 0.05) is 13.1 Å². The van der Waals surface area contributed by atoms with E-state index in [1.54, 1.807) is 0 Å². The highest BCUT2D eigenvalue weighted by Gasteiger charge is 2.31. The van der Waals surface area contributed by atoms with Gasteiger partial charge < -0.3 is 15.5 Å². The summed E-state index contributed by atoms with van der Waals surface area (Å²) in [6, 6.07) is -0.629. The van der Waals surface area contributed by atoms with E-state index in [0.29, 0.717) is 19.0 Å². The molecule has 0 radical (unpaired) electrons. The zero-order chi connectivity index (χ0) is 12.2. The largest absolute Gasteiger partial charge is 0.405 e. The SMILES string of the molecule is CNCC1CCN(C(=O)NCC(F)(F)F)C1. The highest BCUT2D eigenvalue weighted by atomic mass is 19.4. The van der Waals surface area contributed by atoms with Gasteiger partial charge in [-0.1, -0.05) is 0 Å². The molecule has 1 unspecified atom stereocenters. The van der Waals surface area contributed by atoms with Crippen LogP contribution in [0.5, 0.6) is 0 Å². The molecule has 4 nitrogen and oxygen atoms in total. The molecule has 1 heterocycles. The first-order chi connectivity index (χ1) is 7.42. The van der Waals surface area contributed by atoms with Gasteiger partial charge in [-0.25, -0.2) is 4.79 Å². The summed E-state index contributed by atoms with van der Waals surface area (Å²) < 4.78 is 35.6. The van der Waals surface area contributed by atoms with E-state index in [1.165, 1.54) is 4.90 Å². The predicted molar refractivity (Wildman–Crippen MR) is 53.1 cm³/mol. The third-order valence-corrected chi connectivity index (χ3v) is 2.51. The summed E-state index contributed by atoms with van der Waals surface area (Å²) in [5.74, 6) is 0.335. The number of alkyl halides is 3. The molecule has 1 fully saturated rings. The summed E-state index contributed by atoms with van der Waals surface area (Å²) in [5, 5.41) is 4.86. The average Bonchev–Trinajstić information content (AvgIpc) is 2.62. The van der Waals surface area contributed by atoms with Crippen molar-refractivity contribution >= 4 is 6.03 Å². The number of hydrogen-bond donors (Lipinski definition) is 2. The predicted octanol–water partition coefficient (Wildman–Crippen LogP) is 0.800. The normalized spacial score (nSPS) is 21.2. The minimum Gasteiger partial charge on any atom is -0.329 e. The Balaban J connectivity index is 2.28. The second-order valence-corrected chi connectivity index (χ2v) is 3.93. The lowest BCUT2D eigenvalue weighted by atomic mass is 10.1. The van der Waals surface area contributed by atoms with Crippen molar-refractivity contribution in [2.24, 2.45) is 5.92 Å². The summed E-state index contributed by atoms with van der Waals surface area (Å²) in [6.07, 6.45) is -3.51. The third-order valence-electron chi connectivity index (χ3n) is 2.51. The molecule has 0 saturated carbocycles. The number of urea groups is 1. The van der Waals surface area contributed by atoms with Crippen LogP contribution in [0.25, 0.3) is 0 Å². The van der Waals surface area contributed by atoms with Crippen LogP contribution in [-0.2, 0) is 0 Å². The summed E-state index contributed by atoms with van der Waals surface area (Å²) in [7, 11) is 1.81. The maximum Gasteiger partial charge on any atom is 0.405 e. The summed E-state index contributed by atoms with van der Waals surface area (Å²) >= 11 is 0. The Morgan fingerprint density at radius 1 is 1.50 bits per heavy atom. The Bertz CT molecular complexity index is 245. The molecule has 2 N–H and O–H groups in total. The molecule has 1 saturated heterocycles. The van der Waals surface area contributed by atoms with E-state index in [-0.39, 0.29) is 0 Å². The Morgan fingerprint density at radius 3 is 2.75 bits per heavy atom. The summed E-state index contributed by atoms with van der Waals surface area (Å²) in [6.45, 7) is 0.558. The minimum atomic E-state index is -4.35. The van der Waals surface area contributed by atoms with E-state index in [9.17, 15) is 18.0 Å². The van der Waals surface area contributed by atoms with E-state index < -0.39 is 18.8 Å². The van der Waals surface area contributed by atoms with Gasteiger partial charge in [0.1, 0.15) is 6.54 Å². The fourth-order valence-electron chi connectivity index (χ4n) is 1.76. The Kier molecular flexibility index (Phi) is 4.40. The molecule has 0 aromatic heterocycles. The first kappa shape index (κ1) is 13.1. The van der Waals surface area contributed by atoms with Crippen molar-refractivity contribution in [3.05, 3.63) is 0 Å². The molecule has 2 amide bonds. The second-order valence-electron chi connectivity index (χ2n) is 3.93. The molecular formula is C9H16F3N3O. The maximum atomic E-state index is 11.9. The number of carbonyl (C=O) groups excluding carboxylic acids is 1. The van der Waals surface area contributed by atoms with E-state index in [0.717, 1.165) is 13.0 Å². The van der Waals surface area contributed by atoms with Crippen molar-refractivity contribution in [1.82, 2.24) is 15.5 Å². The molecule has 7 heteroatoms. The lowest BCUT2D eigenvalue weighted by Gasteiger charge is -2.18. The van der Waals surface area contributed by atoms with Gasteiger partial charge in [-0.3, -0.25) is 0 Å². The van der Waals surface area contributed by atoms with Crippen LogP contribution in [0.2, 0.25) is 0 Å². The highest BCUT2D eigenvalue weighted by molar-refractivity contribution is 5.74. The molecule has 94 valence electrons. The van der Waals surface area contributed by atoms with E-state index >= 15 is 0 Å². The smallest absolute Gasteiger partial charge is 0.329 e. The van der Waals surface area contributed by atoms with Crippen LogP contribution in [0.4, 0.5) is 18.0 Å². The molecule has 16 heavy (non-hydrogen) atoms. The van der Waals surface area contributed by atoms with Crippen molar-refractivity contribution in [1.29, 1.82) is 0 Å². The molecule has 1 rings (SSSR count). The van der Waals surface area contributed by atoms with Gasteiger partial charge in [0.05, 0.1) is 0 Å². The van der Waals surface area contributed by atoms with Gasteiger partial charge in [-0.2, -0.15) is 13.2 Å². The van der Waals surface area contributed by atoms with Crippen molar-refractivity contribution in [3.63, 3.8) is 0 Å². The molecule has 0 aromatic carbocycles. The lowest BCUT2D eigenvalue weighted by Crippen LogP contribution is -2.42. The standard InChI is InChI=1S/C9H16F3N3O/c1-13-4-7-2-3-15(5-7)8(16)14-6-9(10,11)12/h7,13H,2-6H2,1H3,(H,14,16). The van der Waals surface area contributed by atoms with Crippen molar-refractivity contribution in [3.8, 4) is 0 Å². The number of carbonyl (C=O) groups is 1. The second kappa shape index (κ2) is 5.38. The van der Waals surface area contributed by atoms with Crippen LogP contribution >= 0.6 is 0 Å². The molecule has 1 aliphatic heterocycles. The number of nitrogens with zero attached hydrogens (tertiary/aromatic N) is 1. The van der Waals surface area contributed by atoms with Crippen LogP contribution in [0.3, 0.4) is 0 Å². The van der Waals surface area contributed by atoms with E-state index in [4.69, 9.17) is 0 Å². The van der Waals surface area contributed by atoms with Gasteiger partial charge in [0.2, 0.25) is 0 Å². The van der Waals surface area contributed by atoms with Gasteiger partial charge in [-0.05, 0) is 25.9 Å². The van der Waals surface area contributed by atoms with Gasteiger partial charge in [0.25, 0.3) is 0 Å². The van der Waals surface area contributed by atoms with Crippen LogP contribution in [-0.4, -0.2) is 50.3 Å². The Labute approximate surface area is 92.2 Å². The van der Waals surface area contributed by atoms with Gasteiger partial charge in [-0.15, -0.1) is 0 Å². The van der Waals surface area contributed by atoms with Crippen molar-refractivity contribution in [2.75, 3.05) is 33.2 Å². The zero-order valence-electron chi connectivity index (χ0n) is 9.10. The molecule has 0 bridgehead atoms. The Morgan fingerprint density at radius 2 is 2.19 bits per heavy atom. The maximum absolute atomic E-state index is 11.9.